The van der Waals surface area contributed by atoms with E-state index in [4.69, 9.17) is 4.74 Å². The van der Waals surface area contributed by atoms with E-state index in [1.54, 1.807) is 0 Å². The van der Waals surface area contributed by atoms with Crippen LogP contribution in [-0.2, 0) is 27.4 Å². The number of nitrogens with one attached hydrogen (secondary N) is 1. The predicted molar refractivity (Wildman–Crippen MR) is 139 cm³/mol. The molecule has 0 aromatic heterocycles. The largest absolute Gasteiger partial charge is 0.378 e. The highest BCUT2D eigenvalue weighted by Crippen LogP contribution is 2.36. The molecule has 1 N–H and O–H groups in total. The van der Waals surface area contributed by atoms with E-state index in [1.807, 2.05) is 0 Å². The van der Waals surface area contributed by atoms with Gasteiger partial charge in [0, 0.05) is 81.3 Å². The first kappa shape index (κ1) is 24.8. The van der Waals surface area contributed by atoms with Crippen LogP contribution in [0.15, 0.2) is 36.4 Å². The number of para-hydroxylation sites is 1. The number of piperidine rings is 1. The number of carbonyl (C=O) groups is 3. The predicted octanol–water partition coefficient (Wildman–Crippen LogP) is 1.75. The van der Waals surface area contributed by atoms with Crippen LogP contribution in [0.4, 0.5) is 15.8 Å². The lowest BCUT2D eigenvalue weighted by Gasteiger charge is -2.38. The second-order valence-corrected chi connectivity index (χ2v) is 10.3. The molecule has 6 rings (SSSR count). The summed E-state index contributed by atoms with van der Waals surface area (Å²) in [5, 5.41) is 2.32. The zero-order chi connectivity index (χ0) is 26.2. The highest BCUT2D eigenvalue weighted by molar-refractivity contribution is 6.06. The SMILES string of the molecule is O=C1CCC(N2Cc3c(cc(F)cc3N3CCN(Cc4ccccc4N4CCOCC4)CC3)C2=O)C(=O)N1. The van der Waals surface area contributed by atoms with E-state index in [-0.39, 0.29) is 31.2 Å². The minimum absolute atomic E-state index is 0.189. The molecule has 10 heteroatoms. The highest BCUT2D eigenvalue weighted by Gasteiger charge is 2.41. The highest BCUT2D eigenvalue weighted by atomic mass is 19.1. The topological polar surface area (TPSA) is 85.4 Å². The molecule has 200 valence electrons. The lowest BCUT2D eigenvalue weighted by atomic mass is 10.0. The zero-order valence-corrected chi connectivity index (χ0v) is 21.3. The summed E-state index contributed by atoms with van der Waals surface area (Å²) in [5.74, 6) is -1.60. The summed E-state index contributed by atoms with van der Waals surface area (Å²) < 4.78 is 20.2. The van der Waals surface area contributed by atoms with E-state index in [9.17, 15) is 18.8 Å². The Morgan fingerprint density at radius 2 is 1.66 bits per heavy atom. The number of rotatable bonds is 5. The minimum atomic E-state index is -0.716. The number of morpholine rings is 1. The van der Waals surface area contributed by atoms with E-state index in [2.05, 4.69) is 44.3 Å². The van der Waals surface area contributed by atoms with Crippen molar-refractivity contribution in [2.75, 3.05) is 62.3 Å². The summed E-state index contributed by atoms with van der Waals surface area (Å²) in [6, 6.07) is 10.6. The van der Waals surface area contributed by atoms with Crippen molar-refractivity contribution in [3.8, 4) is 0 Å². The Balaban J connectivity index is 1.15. The number of anilines is 2. The van der Waals surface area contributed by atoms with Crippen molar-refractivity contribution in [1.29, 1.82) is 0 Å². The molecule has 1 atom stereocenters. The van der Waals surface area contributed by atoms with E-state index in [0.29, 0.717) is 18.7 Å². The van der Waals surface area contributed by atoms with Gasteiger partial charge in [-0.2, -0.15) is 0 Å². The van der Waals surface area contributed by atoms with Gasteiger partial charge in [0.05, 0.1) is 13.2 Å². The van der Waals surface area contributed by atoms with Crippen molar-refractivity contribution >= 4 is 29.1 Å². The molecule has 0 bridgehead atoms. The van der Waals surface area contributed by atoms with Crippen LogP contribution in [0.1, 0.15) is 34.3 Å². The fraction of sp³-hybridized carbons (Fsp3) is 0.464. The van der Waals surface area contributed by atoms with Gasteiger partial charge in [0.15, 0.2) is 0 Å². The Morgan fingerprint density at radius 1 is 0.921 bits per heavy atom. The van der Waals surface area contributed by atoms with Crippen LogP contribution in [0.2, 0.25) is 0 Å². The van der Waals surface area contributed by atoms with Gasteiger partial charge >= 0.3 is 0 Å². The number of imide groups is 1. The third-order valence-electron chi connectivity index (χ3n) is 8.05. The molecule has 2 aromatic rings. The molecule has 3 saturated heterocycles. The molecule has 0 spiro atoms. The molecule has 0 radical (unpaired) electrons. The molecular weight excluding hydrogens is 489 g/mol. The van der Waals surface area contributed by atoms with Gasteiger partial charge in [0.1, 0.15) is 11.9 Å². The fourth-order valence-corrected chi connectivity index (χ4v) is 6.03. The Labute approximate surface area is 221 Å². The minimum Gasteiger partial charge on any atom is -0.378 e. The normalized spacial score (nSPS) is 22.6. The number of piperazine rings is 1. The molecule has 3 amide bonds. The molecule has 4 aliphatic rings. The summed E-state index contributed by atoms with van der Waals surface area (Å²) in [5.41, 5.74) is 4.34. The standard InChI is InChI=1S/C28H32FN5O4/c29-20-15-21-22(18-34(28(21)37)24-5-6-26(35)30-27(24)36)25(16-20)32-9-7-31(8-10-32)17-19-3-1-2-4-23(19)33-11-13-38-14-12-33/h1-4,15-16,24H,5-14,17-18H2,(H,30,35,36). The first-order chi connectivity index (χ1) is 18.5. The van der Waals surface area contributed by atoms with Crippen molar-refractivity contribution in [3.05, 3.63) is 58.9 Å². The summed E-state index contributed by atoms with van der Waals surface area (Å²) in [6.07, 6.45) is 0.473. The van der Waals surface area contributed by atoms with Gasteiger partial charge in [0.2, 0.25) is 11.8 Å². The first-order valence-electron chi connectivity index (χ1n) is 13.3. The number of halogens is 1. The molecule has 0 saturated carbocycles. The van der Waals surface area contributed by atoms with Crippen LogP contribution >= 0.6 is 0 Å². The van der Waals surface area contributed by atoms with Gasteiger partial charge in [0.25, 0.3) is 5.91 Å². The Bertz CT molecular complexity index is 1260. The molecule has 0 aliphatic carbocycles. The number of amides is 3. The molecular formula is C28H32FN5O4. The molecule has 9 nitrogen and oxygen atoms in total. The fourth-order valence-electron chi connectivity index (χ4n) is 6.03. The second-order valence-electron chi connectivity index (χ2n) is 10.3. The summed E-state index contributed by atoms with van der Waals surface area (Å²) >= 11 is 0. The third-order valence-corrected chi connectivity index (χ3v) is 8.05. The third kappa shape index (κ3) is 4.74. The van der Waals surface area contributed by atoms with Crippen LogP contribution in [-0.4, -0.2) is 86.0 Å². The zero-order valence-electron chi connectivity index (χ0n) is 21.3. The summed E-state index contributed by atoms with van der Waals surface area (Å²) in [7, 11) is 0. The van der Waals surface area contributed by atoms with Crippen LogP contribution in [0.5, 0.6) is 0 Å². The molecule has 2 aromatic carbocycles. The average molecular weight is 522 g/mol. The number of fused-ring (bicyclic) bond motifs is 1. The number of benzene rings is 2. The Kier molecular flexibility index (Phi) is 6.75. The van der Waals surface area contributed by atoms with Gasteiger partial charge in [-0.25, -0.2) is 4.39 Å². The van der Waals surface area contributed by atoms with Crippen molar-refractivity contribution in [2.24, 2.45) is 0 Å². The average Bonchev–Trinajstić information content (AvgIpc) is 3.25. The molecule has 3 fully saturated rings. The maximum absolute atomic E-state index is 14.7. The quantitative estimate of drug-likeness (QED) is 0.600. The summed E-state index contributed by atoms with van der Waals surface area (Å²) in [6.45, 7) is 7.40. The number of nitrogens with zero attached hydrogens (tertiary/aromatic N) is 4. The smallest absolute Gasteiger partial charge is 0.255 e. The van der Waals surface area contributed by atoms with Crippen molar-refractivity contribution < 1.29 is 23.5 Å². The van der Waals surface area contributed by atoms with Gasteiger partial charge in [-0.3, -0.25) is 24.6 Å². The molecule has 4 aliphatic heterocycles. The van der Waals surface area contributed by atoms with E-state index < -0.39 is 17.8 Å². The second kappa shape index (κ2) is 10.3. The van der Waals surface area contributed by atoms with Gasteiger partial charge in [-0.05, 0) is 30.2 Å². The number of carbonyl (C=O) groups excluding carboxylic acids is 3. The molecule has 1 unspecified atom stereocenters. The van der Waals surface area contributed by atoms with Gasteiger partial charge in [-0.15, -0.1) is 0 Å². The van der Waals surface area contributed by atoms with Crippen LogP contribution < -0.4 is 15.1 Å². The first-order valence-corrected chi connectivity index (χ1v) is 13.3. The lowest BCUT2D eigenvalue weighted by Crippen LogP contribution is -2.52. The van der Waals surface area contributed by atoms with Crippen molar-refractivity contribution in [1.82, 2.24) is 15.1 Å². The van der Waals surface area contributed by atoms with Crippen LogP contribution in [0.3, 0.4) is 0 Å². The van der Waals surface area contributed by atoms with Crippen LogP contribution in [0.25, 0.3) is 0 Å². The Hall–Kier alpha value is -3.50. The maximum atomic E-state index is 14.7. The maximum Gasteiger partial charge on any atom is 0.255 e. The molecule has 4 heterocycles. The van der Waals surface area contributed by atoms with Gasteiger partial charge < -0.3 is 19.4 Å². The van der Waals surface area contributed by atoms with E-state index >= 15 is 0 Å². The Morgan fingerprint density at radius 3 is 2.42 bits per heavy atom. The van der Waals surface area contributed by atoms with Crippen molar-refractivity contribution in [2.45, 2.75) is 32.0 Å². The van der Waals surface area contributed by atoms with Crippen LogP contribution in [0, 0.1) is 5.82 Å². The van der Waals surface area contributed by atoms with Gasteiger partial charge in [-0.1, -0.05) is 18.2 Å². The van der Waals surface area contributed by atoms with E-state index in [1.165, 1.54) is 28.3 Å². The number of hydrogen-bond donors (Lipinski definition) is 1. The van der Waals surface area contributed by atoms with Crippen molar-refractivity contribution in [3.63, 3.8) is 0 Å². The number of ether oxygens (including phenoxy) is 1. The summed E-state index contributed by atoms with van der Waals surface area (Å²) in [4.78, 5) is 45.6. The number of hydrogen-bond acceptors (Lipinski definition) is 7. The lowest BCUT2D eigenvalue weighted by molar-refractivity contribution is -0.136. The molecule has 38 heavy (non-hydrogen) atoms. The monoisotopic (exact) mass is 521 g/mol. The van der Waals surface area contributed by atoms with E-state index in [0.717, 1.165) is 57.2 Å².